The number of halogens is 2. The van der Waals surface area contributed by atoms with E-state index in [1.807, 2.05) is 0 Å². The number of amides is 2. The van der Waals surface area contributed by atoms with E-state index in [0.29, 0.717) is 26.1 Å². The quantitative estimate of drug-likeness (QED) is 0.787. The normalized spacial score (nSPS) is 29.7. The molecule has 0 unspecified atom stereocenters. The van der Waals surface area contributed by atoms with Gasteiger partial charge in [0.1, 0.15) is 5.82 Å². The maximum atomic E-state index is 13.2. The molecule has 0 aromatic heterocycles. The SMILES string of the molecule is O=C(c1ccc(F)cc1Cl)N1CC[C@@]23OCCCN2C(=O)C[C@@H]13. The van der Waals surface area contributed by atoms with Gasteiger partial charge < -0.3 is 14.5 Å². The van der Waals surface area contributed by atoms with Crippen LogP contribution in [0.4, 0.5) is 4.39 Å². The number of hydrogen-bond donors (Lipinski definition) is 0. The first kappa shape index (κ1) is 14.9. The largest absolute Gasteiger partial charge is 0.353 e. The van der Waals surface area contributed by atoms with Crippen LogP contribution in [0.25, 0.3) is 0 Å². The van der Waals surface area contributed by atoms with Crippen LogP contribution in [-0.4, -0.2) is 53.1 Å². The van der Waals surface area contributed by atoms with E-state index in [1.165, 1.54) is 12.1 Å². The fourth-order valence-electron chi connectivity index (χ4n) is 4.01. The molecule has 3 saturated heterocycles. The molecule has 3 fully saturated rings. The predicted octanol–water partition coefficient (Wildman–Crippen LogP) is 2.04. The topological polar surface area (TPSA) is 49.9 Å². The van der Waals surface area contributed by atoms with Gasteiger partial charge in [-0.3, -0.25) is 9.59 Å². The molecule has 1 spiro atoms. The fourth-order valence-corrected chi connectivity index (χ4v) is 4.26. The fraction of sp³-hybridized carbons (Fsp3) is 0.500. The Morgan fingerprint density at radius 3 is 3.00 bits per heavy atom. The van der Waals surface area contributed by atoms with Gasteiger partial charge in [0.25, 0.3) is 5.91 Å². The van der Waals surface area contributed by atoms with Crippen molar-refractivity contribution in [1.29, 1.82) is 0 Å². The molecule has 3 aliphatic rings. The highest BCUT2D eigenvalue weighted by Gasteiger charge is 2.61. The van der Waals surface area contributed by atoms with Crippen LogP contribution in [-0.2, 0) is 9.53 Å². The first-order valence-corrected chi connectivity index (χ1v) is 8.11. The lowest BCUT2D eigenvalue weighted by molar-refractivity contribution is -0.179. The molecular formula is C16H16ClFN2O3. The third-order valence-electron chi connectivity index (χ3n) is 5.03. The Labute approximate surface area is 137 Å². The van der Waals surface area contributed by atoms with Crippen molar-refractivity contribution in [2.45, 2.75) is 31.0 Å². The highest BCUT2D eigenvalue weighted by atomic mass is 35.5. The van der Waals surface area contributed by atoms with E-state index < -0.39 is 11.5 Å². The minimum absolute atomic E-state index is 0.0254. The van der Waals surface area contributed by atoms with Crippen LogP contribution in [0.3, 0.4) is 0 Å². The molecular weight excluding hydrogens is 323 g/mol. The van der Waals surface area contributed by atoms with Gasteiger partial charge >= 0.3 is 0 Å². The zero-order valence-electron chi connectivity index (χ0n) is 12.4. The Balaban J connectivity index is 1.66. The van der Waals surface area contributed by atoms with Crippen LogP contribution in [0.2, 0.25) is 5.02 Å². The maximum Gasteiger partial charge on any atom is 0.255 e. The lowest BCUT2D eigenvalue weighted by atomic mass is 10.0. The second-order valence-electron chi connectivity index (χ2n) is 6.18. The zero-order chi connectivity index (χ0) is 16.2. The smallest absolute Gasteiger partial charge is 0.255 e. The summed E-state index contributed by atoms with van der Waals surface area (Å²) in [5, 5.41) is 0.0849. The van der Waals surface area contributed by atoms with Gasteiger partial charge in [-0.25, -0.2) is 4.39 Å². The summed E-state index contributed by atoms with van der Waals surface area (Å²) in [5.74, 6) is -0.736. The summed E-state index contributed by atoms with van der Waals surface area (Å²) in [7, 11) is 0. The molecule has 2 amide bonds. The van der Waals surface area contributed by atoms with Gasteiger partial charge in [-0.2, -0.15) is 0 Å². The molecule has 7 heteroatoms. The van der Waals surface area contributed by atoms with Gasteiger partial charge in [0, 0.05) is 19.5 Å². The van der Waals surface area contributed by atoms with Crippen molar-refractivity contribution >= 4 is 23.4 Å². The third-order valence-corrected chi connectivity index (χ3v) is 5.35. The van der Waals surface area contributed by atoms with Crippen LogP contribution < -0.4 is 0 Å². The van der Waals surface area contributed by atoms with Crippen molar-refractivity contribution < 1.29 is 18.7 Å². The molecule has 3 aliphatic heterocycles. The lowest BCUT2D eigenvalue weighted by Gasteiger charge is -2.42. The molecule has 23 heavy (non-hydrogen) atoms. The molecule has 0 saturated carbocycles. The number of nitrogens with zero attached hydrogens (tertiary/aromatic N) is 2. The van der Waals surface area contributed by atoms with Gasteiger partial charge in [-0.1, -0.05) is 11.6 Å². The minimum Gasteiger partial charge on any atom is -0.353 e. The lowest BCUT2D eigenvalue weighted by Crippen LogP contribution is -2.56. The van der Waals surface area contributed by atoms with E-state index in [4.69, 9.17) is 16.3 Å². The number of carbonyl (C=O) groups is 2. The van der Waals surface area contributed by atoms with E-state index in [-0.39, 0.29) is 34.9 Å². The summed E-state index contributed by atoms with van der Waals surface area (Å²) in [5.41, 5.74) is -0.427. The number of carbonyl (C=O) groups excluding carboxylic acids is 2. The highest BCUT2D eigenvalue weighted by Crippen LogP contribution is 2.45. The Kier molecular flexibility index (Phi) is 3.35. The number of hydrogen-bond acceptors (Lipinski definition) is 3. The molecule has 1 aromatic carbocycles. The molecule has 1 aromatic rings. The Morgan fingerprint density at radius 2 is 2.22 bits per heavy atom. The van der Waals surface area contributed by atoms with Crippen molar-refractivity contribution in [3.8, 4) is 0 Å². The van der Waals surface area contributed by atoms with Crippen molar-refractivity contribution in [1.82, 2.24) is 9.80 Å². The summed E-state index contributed by atoms with van der Waals surface area (Å²) in [6.45, 7) is 1.77. The van der Waals surface area contributed by atoms with Crippen molar-refractivity contribution in [3.05, 3.63) is 34.6 Å². The van der Waals surface area contributed by atoms with Gasteiger partial charge in [-0.05, 0) is 24.6 Å². The molecule has 0 N–H and O–H groups in total. The van der Waals surface area contributed by atoms with E-state index in [1.54, 1.807) is 9.80 Å². The first-order chi connectivity index (χ1) is 11.0. The van der Waals surface area contributed by atoms with Crippen molar-refractivity contribution in [2.24, 2.45) is 0 Å². The van der Waals surface area contributed by atoms with Crippen LogP contribution >= 0.6 is 11.6 Å². The number of likely N-dealkylation sites (tertiary alicyclic amines) is 1. The average Bonchev–Trinajstić information content (AvgIpc) is 2.99. The Bertz CT molecular complexity index is 698. The van der Waals surface area contributed by atoms with Gasteiger partial charge in [0.05, 0.1) is 29.7 Å². The number of benzene rings is 1. The summed E-state index contributed by atoms with van der Waals surface area (Å²) in [6.07, 6.45) is 1.69. The monoisotopic (exact) mass is 338 g/mol. The standard InChI is InChI=1S/C16H16ClFN2O3/c17-12-8-10(18)2-3-11(12)15(22)19-6-4-16-13(19)9-14(21)20(16)5-1-7-23-16/h2-3,8,13H,1,4-7,9H2/t13-,16+/m1/s1. The molecule has 4 rings (SSSR count). The summed E-state index contributed by atoms with van der Waals surface area (Å²) in [6, 6.07) is 3.43. The first-order valence-electron chi connectivity index (χ1n) is 7.73. The van der Waals surface area contributed by atoms with Gasteiger partial charge in [-0.15, -0.1) is 0 Å². The van der Waals surface area contributed by atoms with Crippen LogP contribution in [0.5, 0.6) is 0 Å². The molecule has 2 atom stereocenters. The zero-order valence-corrected chi connectivity index (χ0v) is 13.2. The molecule has 122 valence electrons. The summed E-state index contributed by atoms with van der Waals surface area (Å²) in [4.78, 5) is 28.5. The maximum absolute atomic E-state index is 13.2. The van der Waals surface area contributed by atoms with E-state index in [2.05, 4.69) is 0 Å². The van der Waals surface area contributed by atoms with Gasteiger partial charge in [0.2, 0.25) is 5.91 Å². The molecule has 0 bridgehead atoms. The minimum atomic E-state index is -0.683. The van der Waals surface area contributed by atoms with E-state index in [0.717, 1.165) is 12.5 Å². The van der Waals surface area contributed by atoms with Gasteiger partial charge in [0.15, 0.2) is 5.72 Å². The highest BCUT2D eigenvalue weighted by molar-refractivity contribution is 6.33. The predicted molar refractivity (Wildman–Crippen MR) is 80.5 cm³/mol. The van der Waals surface area contributed by atoms with Crippen LogP contribution in [0.15, 0.2) is 18.2 Å². The molecule has 0 aliphatic carbocycles. The van der Waals surface area contributed by atoms with Crippen molar-refractivity contribution in [3.63, 3.8) is 0 Å². The molecule has 3 heterocycles. The van der Waals surface area contributed by atoms with Crippen LogP contribution in [0.1, 0.15) is 29.6 Å². The molecule has 0 radical (unpaired) electrons. The van der Waals surface area contributed by atoms with Crippen molar-refractivity contribution in [2.75, 3.05) is 19.7 Å². The molecule has 5 nitrogen and oxygen atoms in total. The summed E-state index contributed by atoms with van der Waals surface area (Å²) < 4.78 is 19.2. The Morgan fingerprint density at radius 1 is 1.39 bits per heavy atom. The Hall–Kier alpha value is -1.66. The average molecular weight is 339 g/mol. The number of rotatable bonds is 1. The third kappa shape index (κ3) is 2.08. The van der Waals surface area contributed by atoms with E-state index >= 15 is 0 Å². The van der Waals surface area contributed by atoms with E-state index in [9.17, 15) is 14.0 Å². The second-order valence-corrected chi connectivity index (χ2v) is 6.59. The van der Waals surface area contributed by atoms with Crippen LogP contribution in [0, 0.1) is 5.82 Å². The number of ether oxygens (including phenoxy) is 1. The second kappa shape index (κ2) is 5.18. The summed E-state index contributed by atoms with van der Waals surface area (Å²) >= 11 is 6.01.